The number of hydrogen-bond donors (Lipinski definition) is 2. The lowest BCUT2D eigenvalue weighted by molar-refractivity contribution is -0.133. The van der Waals surface area contributed by atoms with Gasteiger partial charge < -0.3 is 25.4 Å². The second-order valence-corrected chi connectivity index (χ2v) is 6.53. The van der Waals surface area contributed by atoms with E-state index in [1.54, 1.807) is 12.0 Å². The van der Waals surface area contributed by atoms with Crippen molar-refractivity contribution >= 4 is 17.9 Å². The summed E-state index contributed by atoms with van der Waals surface area (Å²) < 4.78 is 10.9. The van der Waals surface area contributed by atoms with E-state index >= 15 is 0 Å². The molecule has 7 heteroatoms. The van der Waals surface area contributed by atoms with Gasteiger partial charge in [-0.25, -0.2) is 0 Å². The van der Waals surface area contributed by atoms with E-state index in [0.717, 1.165) is 24.2 Å². The monoisotopic (exact) mass is 359 g/mol. The second-order valence-electron chi connectivity index (χ2n) is 6.53. The lowest BCUT2D eigenvalue weighted by atomic mass is 9.96. The van der Waals surface area contributed by atoms with Crippen molar-refractivity contribution in [3.8, 4) is 11.5 Å². The molecule has 2 amide bonds. The number of fused-ring (bicyclic) bond motifs is 1. The SMILES string of the molecule is COc1ccc2c(c1)C=C(C(=O)N1CCCC(C(=O)NCCN)C1)CO2. The number of nitrogens with zero attached hydrogens (tertiary/aromatic N) is 1. The normalized spacial score (nSPS) is 19.1. The van der Waals surface area contributed by atoms with Gasteiger partial charge in [0, 0.05) is 31.7 Å². The van der Waals surface area contributed by atoms with Gasteiger partial charge in [0.2, 0.25) is 5.91 Å². The molecule has 1 atom stereocenters. The van der Waals surface area contributed by atoms with Crippen LogP contribution >= 0.6 is 0 Å². The van der Waals surface area contributed by atoms with Crippen LogP contribution in [0.1, 0.15) is 18.4 Å². The zero-order chi connectivity index (χ0) is 18.5. The third-order valence-corrected chi connectivity index (χ3v) is 4.73. The Morgan fingerprint density at radius 3 is 3.04 bits per heavy atom. The largest absolute Gasteiger partial charge is 0.497 e. The van der Waals surface area contributed by atoms with Crippen LogP contribution in [0.3, 0.4) is 0 Å². The van der Waals surface area contributed by atoms with Gasteiger partial charge >= 0.3 is 0 Å². The number of benzene rings is 1. The predicted octanol–water partition coefficient (Wildman–Crippen LogP) is 0.785. The number of carbonyl (C=O) groups excluding carboxylic acids is 2. The number of nitrogens with one attached hydrogen (secondary N) is 1. The molecule has 2 heterocycles. The van der Waals surface area contributed by atoms with Crippen molar-refractivity contribution in [2.75, 3.05) is 39.9 Å². The summed E-state index contributed by atoms with van der Waals surface area (Å²) in [5.41, 5.74) is 6.85. The van der Waals surface area contributed by atoms with Gasteiger partial charge in [0.05, 0.1) is 18.6 Å². The number of hydrogen-bond acceptors (Lipinski definition) is 5. The summed E-state index contributed by atoms with van der Waals surface area (Å²) in [7, 11) is 1.60. The molecule has 0 spiro atoms. The standard InChI is InChI=1S/C19H25N3O4/c1-25-16-4-5-17-14(10-16)9-15(12-26-17)19(24)22-8-2-3-13(11-22)18(23)21-7-6-20/h4-5,9-10,13H,2-3,6-8,11-12,20H2,1H3,(H,21,23). The van der Waals surface area contributed by atoms with Gasteiger partial charge in [-0.3, -0.25) is 9.59 Å². The molecule has 1 fully saturated rings. The summed E-state index contributed by atoms with van der Waals surface area (Å²) in [6.45, 7) is 2.19. The van der Waals surface area contributed by atoms with Gasteiger partial charge in [-0.05, 0) is 37.1 Å². The zero-order valence-electron chi connectivity index (χ0n) is 15.0. The van der Waals surface area contributed by atoms with Crippen LogP contribution in [-0.2, 0) is 9.59 Å². The quantitative estimate of drug-likeness (QED) is 0.810. The molecule has 0 aromatic heterocycles. The van der Waals surface area contributed by atoms with Crippen LogP contribution in [0, 0.1) is 5.92 Å². The lowest BCUT2D eigenvalue weighted by Gasteiger charge is -2.33. The summed E-state index contributed by atoms with van der Waals surface area (Å²) >= 11 is 0. The summed E-state index contributed by atoms with van der Waals surface area (Å²) in [5.74, 6) is 1.16. The molecule has 1 saturated heterocycles. The summed E-state index contributed by atoms with van der Waals surface area (Å²) in [6.07, 6.45) is 3.45. The Morgan fingerprint density at radius 1 is 1.42 bits per heavy atom. The fraction of sp³-hybridized carbons (Fsp3) is 0.474. The van der Waals surface area contributed by atoms with E-state index in [2.05, 4.69) is 5.32 Å². The molecule has 2 aliphatic heterocycles. The Balaban J connectivity index is 1.70. The molecule has 3 N–H and O–H groups in total. The van der Waals surface area contributed by atoms with E-state index in [1.165, 1.54) is 0 Å². The van der Waals surface area contributed by atoms with Crippen molar-refractivity contribution in [3.63, 3.8) is 0 Å². The van der Waals surface area contributed by atoms with Gasteiger partial charge in [0.1, 0.15) is 18.1 Å². The summed E-state index contributed by atoms with van der Waals surface area (Å²) in [5, 5.41) is 2.81. The smallest absolute Gasteiger partial charge is 0.253 e. The maximum atomic E-state index is 12.9. The minimum Gasteiger partial charge on any atom is -0.497 e. The molecule has 7 nitrogen and oxygen atoms in total. The van der Waals surface area contributed by atoms with Crippen molar-refractivity contribution in [2.45, 2.75) is 12.8 Å². The van der Waals surface area contributed by atoms with Crippen molar-refractivity contribution in [1.29, 1.82) is 0 Å². The van der Waals surface area contributed by atoms with E-state index in [-0.39, 0.29) is 24.3 Å². The molecule has 2 aliphatic rings. The van der Waals surface area contributed by atoms with Crippen molar-refractivity contribution in [3.05, 3.63) is 29.3 Å². The molecule has 0 bridgehead atoms. The van der Waals surface area contributed by atoms with Gasteiger partial charge in [-0.1, -0.05) is 0 Å². The Hall–Kier alpha value is -2.54. The predicted molar refractivity (Wildman–Crippen MR) is 97.8 cm³/mol. The van der Waals surface area contributed by atoms with Gasteiger partial charge in [-0.15, -0.1) is 0 Å². The third kappa shape index (κ3) is 3.99. The first kappa shape index (κ1) is 18.3. The minimum atomic E-state index is -0.184. The van der Waals surface area contributed by atoms with E-state index < -0.39 is 0 Å². The van der Waals surface area contributed by atoms with Gasteiger partial charge in [-0.2, -0.15) is 0 Å². The van der Waals surface area contributed by atoms with E-state index in [1.807, 2.05) is 24.3 Å². The molecule has 0 saturated carbocycles. The van der Waals surface area contributed by atoms with Crippen LogP contribution < -0.4 is 20.5 Å². The molecule has 1 aromatic carbocycles. The van der Waals surface area contributed by atoms with Crippen molar-refractivity contribution in [2.24, 2.45) is 11.7 Å². The van der Waals surface area contributed by atoms with Crippen molar-refractivity contribution < 1.29 is 19.1 Å². The van der Waals surface area contributed by atoms with Crippen LogP contribution in [0.2, 0.25) is 0 Å². The number of methoxy groups -OCH3 is 1. The minimum absolute atomic E-state index is 0.0306. The first-order chi connectivity index (χ1) is 12.6. The molecule has 3 rings (SSSR count). The Kier molecular flexibility index (Phi) is 5.78. The highest BCUT2D eigenvalue weighted by molar-refractivity contribution is 5.99. The van der Waals surface area contributed by atoms with Crippen LogP contribution in [-0.4, -0.2) is 56.6 Å². The summed E-state index contributed by atoms with van der Waals surface area (Å²) in [4.78, 5) is 26.8. The molecule has 1 aromatic rings. The molecule has 0 radical (unpaired) electrons. The second kappa shape index (κ2) is 8.23. The highest BCUT2D eigenvalue weighted by Crippen LogP contribution is 2.31. The average molecular weight is 359 g/mol. The number of carbonyl (C=O) groups is 2. The highest BCUT2D eigenvalue weighted by Gasteiger charge is 2.30. The van der Waals surface area contributed by atoms with Crippen LogP contribution in [0.5, 0.6) is 11.5 Å². The number of piperidine rings is 1. The Bertz CT molecular complexity index is 717. The number of ether oxygens (including phenoxy) is 2. The topological polar surface area (TPSA) is 93.9 Å². The zero-order valence-corrected chi connectivity index (χ0v) is 15.0. The van der Waals surface area contributed by atoms with E-state index in [4.69, 9.17) is 15.2 Å². The van der Waals surface area contributed by atoms with E-state index in [0.29, 0.717) is 37.5 Å². The third-order valence-electron chi connectivity index (χ3n) is 4.73. The van der Waals surface area contributed by atoms with Gasteiger partial charge in [0.15, 0.2) is 0 Å². The van der Waals surface area contributed by atoms with Gasteiger partial charge in [0.25, 0.3) is 5.91 Å². The number of nitrogens with two attached hydrogens (primary N) is 1. The lowest BCUT2D eigenvalue weighted by Crippen LogP contribution is -2.47. The number of amides is 2. The fourth-order valence-electron chi connectivity index (χ4n) is 3.32. The molecule has 1 unspecified atom stereocenters. The molecule has 26 heavy (non-hydrogen) atoms. The van der Waals surface area contributed by atoms with Crippen LogP contribution in [0.15, 0.2) is 23.8 Å². The van der Waals surface area contributed by atoms with Crippen LogP contribution in [0.4, 0.5) is 0 Å². The maximum Gasteiger partial charge on any atom is 0.253 e. The Labute approximate surface area is 153 Å². The van der Waals surface area contributed by atoms with Crippen LogP contribution in [0.25, 0.3) is 6.08 Å². The molecular formula is C19H25N3O4. The molecule has 140 valence electrons. The first-order valence-corrected chi connectivity index (χ1v) is 8.91. The number of rotatable bonds is 5. The molecular weight excluding hydrogens is 334 g/mol. The summed E-state index contributed by atoms with van der Waals surface area (Å²) in [6, 6.07) is 5.51. The fourth-order valence-corrected chi connectivity index (χ4v) is 3.32. The number of likely N-dealkylation sites (tertiary alicyclic amines) is 1. The van der Waals surface area contributed by atoms with E-state index in [9.17, 15) is 9.59 Å². The maximum absolute atomic E-state index is 12.9. The highest BCUT2D eigenvalue weighted by atomic mass is 16.5. The Morgan fingerprint density at radius 2 is 2.27 bits per heavy atom. The average Bonchev–Trinajstić information content (AvgIpc) is 2.70. The first-order valence-electron chi connectivity index (χ1n) is 8.91. The molecule has 0 aliphatic carbocycles. The van der Waals surface area contributed by atoms with Crippen molar-refractivity contribution in [1.82, 2.24) is 10.2 Å².